The van der Waals surface area contributed by atoms with Gasteiger partial charge in [-0.25, -0.2) is 0 Å². The number of hydrogen-bond acceptors (Lipinski definition) is 3. The third-order valence-corrected chi connectivity index (χ3v) is 3.93. The number of hydrogen-bond donors (Lipinski definition) is 1. The largest absolute Gasteiger partial charge is 0.481 e. The molecule has 0 saturated carbocycles. The van der Waals surface area contributed by atoms with Crippen molar-refractivity contribution < 1.29 is 14.7 Å². The third kappa shape index (κ3) is 6.61. The molecule has 1 N–H and O–H groups in total. The highest BCUT2D eigenvalue weighted by molar-refractivity contribution is 7.99. The minimum absolute atomic E-state index is 0.0648. The Kier molecular flexibility index (Phi) is 7.15. The Morgan fingerprint density at radius 1 is 1.20 bits per heavy atom. The van der Waals surface area contributed by atoms with Crippen LogP contribution in [0.15, 0.2) is 29.2 Å². The Morgan fingerprint density at radius 2 is 1.85 bits per heavy atom. The molecule has 0 unspecified atom stereocenters. The second kappa shape index (κ2) is 8.64. The van der Waals surface area contributed by atoms with Gasteiger partial charge in [-0.15, -0.1) is 11.8 Å². The first kappa shape index (κ1) is 16.6. The van der Waals surface area contributed by atoms with E-state index in [1.807, 2.05) is 6.92 Å². The number of benzene rings is 1. The fourth-order valence-corrected chi connectivity index (χ4v) is 2.51. The fraction of sp³-hybridized carbons (Fsp3) is 0.467. The highest BCUT2D eigenvalue weighted by Gasteiger charge is 2.09. The molecule has 1 aromatic carbocycles. The molecule has 0 aliphatic heterocycles. The first-order chi connectivity index (χ1) is 9.49. The molecule has 110 valence electrons. The van der Waals surface area contributed by atoms with Gasteiger partial charge in [-0.1, -0.05) is 17.7 Å². The van der Waals surface area contributed by atoms with Crippen molar-refractivity contribution in [1.29, 1.82) is 0 Å². The van der Waals surface area contributed by atoms with E-state index in [9.17, 15) is 9.59 Å². The van der Waals surface area contributed by atoms with Crippen LogP contribution in [0.25, 0.3) is 0 Å². The molecule has 0 heterocycles. The summed E-state index contributed by atoms with van der Waals surface area (Å²) >= 11 is 1.66. The average molecular weight is 295 g/mol. The van der Waals surface area contributed by atoms with Crippen molar-refractivity contribution in [3.8, 4) is 0 Å². The number of nitrogens with zero attached hydrogens (tertiary/aromatic N) is 1. The summed E-state index contributed by atoms with van der Waals surface area (Å²) in [6, 6.07) is 8.23. The molecule has 0 bridgehead atoms. The molecule has 0 aliphatic carbocycles. The Balaban J connectivity index is 2.21. The van der Waals surface area contributed by atoms with E-state index in [1.165, 1.54) is 5.56 Å². The highest BCUT2D eigenvalue weighted by atomic mass is 32.2. The topological polar surface area (TPSA) is 57.6 Å². The van der Waals surface area contributed by atoms with Gasteiger partial charge in [-0.2, -0.15) is 0 Å². The molecular weight excluding hydrogens is 274 g/mol. The van der Waals surface area contributed by atoms with E-state index in [4.69, 9.17) is 5.11 Å². The van der Waals surface area contributed by atoms with Gasteiger partial charge < -0.3 is 10.0 Å². The van der Waals surface area contributed by atoms with Crippen LogP contribution in [-0.2, 0) is 9.59 Å². The lowest BCUT2D eigenvalue weighted by Gasteiger charge is -2.16. The predicted molar refractivity (Wildman–Crippen MR) is 81.0 cm³/mol. The van der Waals surface area contributed by atoms with Crippen molar-refractivity contribution >= 4 is 23.6 Å². The lowest BCUT2D eigenvalue weighted by Crippen LogP contribution is -2.28. The summed E-state index contributed by atoms with van der Waals surface area (Å²) in [7, 11) is 1.72. The molecule has 0 atom stereocenters. The minimum Gasteiger partial charge on any atom is -0.481 e. The number of carbonyl (C=O) groups is 2. The van der Waals surface area contributed by atoms with E-state index in [1.54, 1.807) is 23.7 Å². The predicted octanol–water partition coefficient (Wildman–Crippen LogP) is 2.80. The first-order valence-electron chi connectivity index (χ1n) is 6.64. The van der Waals surface area contributed by atoms with Gasteiger partial charge in [0.15, 0.2) is 0 Å². The van der Waals surface area contributed by atoms with Crippen molar-refractivity contribution in [2.24, 2.45) is 0 Å². The molecule has 0 fully saturated rings. The standard InChI is InChI=1S/C15H21NO3S/c1-12-5-7-13(8-6-12)20-11-9-14(17)16(2)10-3-4-15(18)19/h5-8H,3-4,9-11H2,1-2H3,(H,18,19). The number of amides is 1. The van der Waals surface area contributed by atoms with Crippen LogP contribution in [0.4, 0.5) is 0 Å². The zero-order chi connectivity index (χ0) is 15.0. The zero-order valence-corrected chi connectivity index (χ0v) is 12.8. The number of carbonyl (C=O) groups excluding carboxylic acids is 1. The summed E-state index contributed by atoms with van der Waals surface area (Å²) in [6.07, 6.45) is 1.08. The lowest BCUT2D eigenvalue weighted by molar-refractivity contribution is -0.138. The zero-order valence-electron chi connectivity index (χ0n) is 12.0. The van der Waals surface area contributed by atoms with Crippen LogP contribution in [0.3, 0.4) is 0 Å². The number of carboxylic acids is 1. The smallest absolute Gasteiger partial charge is 0.303 e. The average Bonchev–Trinajstić information content (AvgIpc) is 2.40. The van der Waals surface area contributed by atoms with Gasteiger partial charge >= 0.3 is 5.97 Å². The number of aryl methyl sites for hydroxylation is 1. The van der Waals surface area contributed by atoms with Crippen LogP contribution in [0, 0.1) is 6.92 Å². The van der Waals surface area contributed by atoms with E-state index in [0.717, 1.165) is 10.6 Å². The van der Waals surface area contributed by atoms with Crippen molar-refractivity contribution in [3.05, 3.63) is 29.8 Å². The highest BCUT2D eigenvalue weighted by Crippen LogP contribution is 2.19. The first-order valence-corrected chi connectivity index (χ1v) is 7.63. The molecule has 5 heteroatoms. The van der Waals surface area contributed by atoms with Crippen molar-refractivity contribution in [2.75, 3.05) is 19.3 Å². The summed E-state index contributed by atoms with van der Waals surface area (Å²) in [4.78, 5) is 25.0. The summed E-state index contributed by atoms with van der Waals surface area (Å²) in [6.45, 7) is 2.55. The number of carboxylic acid groups (broad SMARTS) is 1. The van der Waals surface area contributed by atoms with Crippen LogP contribution >= 0.6 is 11.8 Å². The van der Waals surface area contributed by atoms with Gasteiger partial charge in [-0.05, 0) is 25.5 Å². The van der Waals surface area contributed by atoms with Gasteiger partial charge in [0.25, 0.3) is 0 Å². The maximum absolute atomic E-state index is 11.8. The normalized spacial score (nSPS) is 10.3. The van der Waals surface area contributed by atoms with E-state index in [0.29, 0.717) is 19.4 Å². The van der Waals surface area contributed by atoms with Gasteiger partial charge in [0.05, 0.1) is 0 Å². The van der Waals surface area contributed by atoms with Gasteiger partial charge in [-0.3, -0.25) is 9.59 Å². The molecule has 0 aliphatic rings. The number of aliphatic carboxylic acids is 1. The second-order valence-corrected chi connectivity index (χ2v) is 5.89. The Hall–Kier alpha value is -1.49. The minimum atomic E-state index is -0.819. The Bertz CT molecular complexity index is 445. The Morgan fingerprint density at radius 3 is 2.45 bits per heavy atom. The second-order valence-electron chi connectivity index (χ2n) is 4.72. The van der Waals surface area contributed by atoms with Gasteiger partial charge in [0, 0.05) is 37.1 Å². The van der Waals surface area contributed by atoms with Crippen LogP contribution in [0.1, 0.15) is 24.8 Å². The lowest BCUT2D eigenvalue weighted by atomic mass is 10.2. The van der Waals surface area contributed by atoms with Crippen molar-refractivity contribution in [1.82, 2.24) is 4.90 Å². The SMILES string of the molecule is Cc1ccc(SCCC(=O)N(C)CCCC(=O)O)cc1. The van der Waals surface area contributed by atoms with Crippen LogP contribution in [0.5, 0.6) is 0 Å². The van der Waals surface area contributed by atoms with Gasteiger partial charge in [0.2, 0.25) is 5.91 Å². The van der Waals surface area contributed by atoms with E-state index in [2.05, 4.69) is 24.3 Å². The number of rotatable bonds is 8. The maximum Gasteiger partial charge on any atom is 0.303 e. The number of thioether (sulfide) groups is 1. The van der Waals surface area contributed by atoms with E-state index in [-0.39, 0.29) is 12.3 Å². The van der Waals surface area contributed by atoms with E-state index >= 15 is 0 Å². The molecule has 0 radical (unpaired) electrons. The molecule has 1 rings (SSSR count). The molecule has 0 spiro atoms. The maximum atomic E-state index is 11.8. The third-order valence-electron chi connectivity index (χ3n) is 2.92. The summed E-state index contributed by atoms with van der Waals surface area (Å²) in [5, 5.41) is 8.55. The molecule has 20 heavy (non-hydrogen) atoms. The molecule has 1 aromatic rings. The summed E-state index contributed by atoms with van der Waals surface area (Å²) < 4.78 is 0. The fourth-order valence-electron chi connectivity index (χ4n) is 1.67. The summed E-state index contributed by atoms with van der Waals surface area (Å²) in [5.74, 6) is -0.0127. The van der Waals surface area contributed by atoms with Crippen LogP contribution < -0.4 is 0 Å². The van der Waals surface area contributed by atoms with E-state index < -0.39 is 5.97 Å². The van der Waals surface area contributed by atoms with Crippen LogP contribution in [-0.4, -0.2) is 41.2 Å². The van der Waals surface area contributed by atoms with Crippen molar-refractivity contribution in [2.45, 2.75) is 31.1 Å². The molecule has 1 amide bonds. The Labute approximate surface area is 124 Å². The summed E-state index contributed by atoms with van der Waals surface area (Å²) in [5.41, 5.74) is 1.23. The molecule has 4 nitrogen and oxygen atoms in total. The van der Waals surface area contributed by atoms with Crippen LogP contribution in [0.2, 0.25) is 0 Å². The van der Waals surface area contributed by atoms with Crippen molar-refractivity contribution in [3.63, 3.8) is 0 Å². The molecular formula is C15H21NO3S. The van der Waals surface area contributed by atoms with Gasteiger partial charge in [0.1, 0.15) is 0 Å². The quantitative estimate of drug-likeness (QED) is 0.749. The molecule has 0 saturated heterocycles. The monoisotopic (exact) mass is 295 g/mol. The molecule has 0 aromatic heterocycles.